The van der Waals surface area contributed by atoms with Crippen molar-refractivity contribution in [2.75, 3.05) is 54.9 Å². The summed E-state index contributed by atoms with van der Waals surface area (Å²) in [5.41, 5.74) is 1.19. The van der Waals surface area contributed by atoms with Gasteiger partial charge < -0.3 is 30.2 Å². The number of carbonyl (C=O) groups excluding carboxylic acids is 2. The molecule has 4 N–H and O–H groups in total. The summed E-state index contributed by atoms with van der Waals surface area (Å²) in [6, 6.07) is 5.33. The van der Waals surface area contributed by atoms with Crippen molar-refractivity contribution in [3.8, 4) is 5.75 Å². The van der Waals surface area contributed by atoms with Crippen molar-refractivity contribution in [2.45, 2.75) is 75.2 Å². The average molecular weight is 877 g/mol. The Morgan fingerprint density at radius 2 is 1.76 bits per heavy atom. The number of halogens is 5. The molecule has 14 nitrogen and oxygen atoms in total. The van der Waals surface area contributed by atoms with Crippen LogP contribution in [0, 0.1) is 23.5 Å². The zero-order chi connectivity index (χ0) is 43.0. The van der Waals surface area contributed by atoms with Crippen LogP contribution in [0.2, 0.25) is 5.02 Å². The summed E-state index contributed by atoms with van der Waals surface area (Å²) in [5.74, 6) is -5.44. The van der Waals surface area contributed by atoms with Crippen LogP contribution in [0.25, 0.3) is 21.8 Å². The Hall–Kier alpha value is -5.49. The predicted octanol–water partition coefficient (Wildman–Crippen LogP) is 6.71. The Bertz CT molecular complexity index is 2670. The average Bonchev–Trinajstić information content (AvgIpc) is 4.04. The number of benzene rings is 2. The zero-order valence-corrected chi connectivity index (χ0v) is 34.6. The van der Waals surface area contributed by atoms with E-state index in [-0.39, 0.29) is 64.2 Å². The number of ether oxygens (including phenoxy) is 1. The number of pyridine rings is 1. The number of rotatable bonds is 8. The number of nitrogens with one attached hydrogen (secondary N) is 4. The molecule has 0 spiro atoms. The number of imide groups is 1. The lowest BCUT2D eigenvalue weighted by atomic mass is 9.86. The maximum atomic E-state index is 16.2. The first-order valence-electron chi connectivity index (χ1n) is 21.2. The Morgan fingerprint density at radius 1 is 0.984 bits per heavy atom. The molecule has 5 aliphatic rings. The van der Waals surface area contributed by atoms with E-state index in [1.807, 2.05) is 0 Å². The first-order chi connectivity index (χ1) is 29.8. The van der Waals surface area contributed by atoms with E-state index < -0.39 is 47.6 Å². The molecule has 1 aliphatic carbocycles. The molecule has 4 aliphatic heterocycles. The van der Waals surface area contributed by atoms with Crippen LogP contribution in [0.3, 0.4) is 0 Å². The van der Waals surface area contributed by atoms with Crippen LogP contribution in [0.4, 0.5) is 40.7 Å². The SMILES string of the molecule is Cn1nc(C2CCC(=O)NC2=O)c2cc(F)c(C3CCN(CC4CCN(c5ncc(Cl)c(Nc6ccc7[nH]c(=O)c8c(c7c6)NC(C6CC6)C(F)(F)CO8)n5)CC4)CC3)c(F)c21. The standard InChI is InChI=1S/C43H45ClF4N10O4/c1-56-36-27(34(55-56)25-5-7-31(59)52-40(25)60)17-29(45)32(33(36)46)22-10-12-57(13-11-22)19-21-8-14-58(15-9-21)42-49-18-28(44)39(54-42)50-24-4-6-30-26(16-24)35-37(41(61)51-30)62-20-43(47,48)38(53-35)23-2-3-23/h4,6,16-18,21-23,25,38,53H,2-3,5,7-15,19-20H2,1H3,(H,51,61)(H,49,50,54)(H,52,59,60). The predicted molar refractivity (Wildman–Crippen MR) is 225 cm³/mol. The van der Waals surface area contributed by atoms with E-state index in [4.69, 9.17) is 21.3 Å². The van der Waals surface area contributed by atoms with Gasteiger partial charge in [0.05, 0.1) is 35.1 Å². The molecule has 2 atom stereocenters. The van der Waals surface area contributed by atoms with Gasteiger partial charge in [-0.3, -0.25) is 24.4 Å². The number of likely N-dealkylation sites (tertiary alicyclic amines) is 1. The van der Waals surface area contributed by atoms with Crippen LogP contribution in [-0.4, -0.2) is 92.7 Å². The van der Waals surface area contributed by atoms with E-state index in [1.165, 1.54) is 10.7 Å². The first kappa shape index (κ1) is 40.6. The van der Waals surface area contributed by atoms with Crippen molar-refractivity contribution < 1.29 is 31.9 Å². The molecular formula is C43H45ClF4N10O4. The molecule has 0 bridgehead atoms. The summed E-state index contributed by atoms with van der Waals surface area (Å²) in [6.07, 6.45) is 6.27. The van der Waals surface area contributed by atoms with Crippen LogP contribution in [-0.2, 0) is 16.6 Å². The van der Waals surface area contributed by atoms with Gasteiger partial charge in [0, 0.05) is 55.1 Å². The van der Waals surface area contributed by atoms with E-state index in [9.17, 15) is 14.4 Å². The fourth-order valence-electron chi connectivity index (χ4n) is 9.85. The summed E-state index contributed by atoms with van der Waals surface area (Å²) in [7, 11) is 1.59. The van der Waals surface area contributed by atoms with Crippen molar-refractivity contribution in [1.82, 2.24) is 34.9 Å². The highest BCUT2D eigenvalue weighted by Crippen LogP contribution is 2.46. The van der Waals surface area contributed by atoms with Gasteiger partial charge in [0.15, 0.2) is 18.2 Å². The number of carbonyl (C=O) groups is 2. The molecule has 10 rings (SSSR count). The van der Waals surface area contributed by atoms with E-state index in [0.717, 1.165) is 32.5 Å². The Morgan fingerprint density at radius 3 is 2.50 bits per heavy atom. The van der Waals surface area contributed by atoms with Gasteiger partial charge in [-0.25, -0.2) is 22.5 Å². The van der Waals surface area contributed by atoms with E-state index >= 15 is 17.6 Å². The summed E-state index contributed by atoms with van der Waals surface area (Å²) < 4.78 is 68.8. The van der Waals surface area contributed by atoms with Crippen LogP contribution in [0.15, 0.2) is 35.3 Å². The monoisotopic (exact) mass is 876 g/mol. The molecule has 19 heteroatoms. The number of nitrogens with zero attached hydrogens (tertiary/aromatic N) is 6. The molecule has 2 aromatic carbocycles. The number of aromatic amines is 1. The number of aryl methyl sites for hydroxylation is 1. The third kappa shape index (κ3) is 7.47. The number of hydrogen-bond donors (Lipinski definition) is 4. The molecule has 7 heterocycles. The first-order valence-corrected chi connectivity index (χ1v) is 21.6. The highest BCUT2D eigenvalue weighted by atomic mass is 35.5. The lowest BCUT2D eigenvalue weighted by Crippen LogP contribution is -2.44. The van der Waals surface area contributed by atoms with Crippen LogP contribution < -0.4 is 31.1 Å². The molecule has 0 radical (unpaired) electrons. The second-order valence-corrected chi connectivity index (χ2v) is 17.8. The second kappa shape index (κ2) is 15.7. The van der Waals surface area contributed by atoms with Crippen LogP contribution in [0.1, 0.15) is 74.5 Å². The number of hydrogen-bond acceptors (Lipinski definition) is 11. The molecular weight excluding hydrogens is 832 g/mol. The summed E-state index contributed by atoms with van der Waals surface area (Å²) >= 11 is 6.58. The number of anilines is 4. The molecule has 2 unspecified atom stereocenters. The second-order valence-electron chi connectivity index (χ2n) is 17.4. The lowest BCUT2D eigenvalue weighted by molar-refractivity contribution is -0.134. The summed E-state index contributed by atoms with van der Waals surface area (Å²) in [4.78, 5) is 53.7. The zero-order valence-electron chi connectivity index (χ0n) is 33.9. The third-order valence-electron chi connectivity index (χ3n) is 13.3. The van der Waals surface area contributed by atoms with Crippen molar-refractivity contribution in [3.05, 3.63) is 68.7 Å². The number of aromatic nitrogens is 5. The van der Waals surface area contributed by atoms with Gasteiger partial charge in [0.25, 0.3) is 5.56 Å². The normalized spacial score (nSPS) is 22.6. The number of piperidine rings is 3. The quantitative estimate of drug-likeness (QED) is 0.0969. The molecule has 3 saturated heterocycles. The van der Waals surface area contributed by atoms with E-state index in [1.54, 1.807) is 31.4 Å². The number of alkyl halides is 2. The molecule has 326 valence electrons. The van der Waals surface area contributed by atoms with Gasteiger partial charge in [-0.1, -0.05) is 11.6 Å². The minimum atomic E-state index is -3.15. The smallest absolute Gasteiger partial charge is 0.301 e. The maximum Gasteiger partial charge on any atom is 0.301 e. The Labute approximate surface area is 357 Å². The van der Waals surface area contributed by atoms with Crippen LogP contribution in [0.5, 0.6) is 5.75 Å². The molecule has 1 saturated carbocycles. The van der Waals surface area contributed by atoms with Gasteiger partial charge in [-0.05, 0) is 100 Å². The third-order valence-corrected chi connectivity index (χ3v) is 13.6. The van der Waals surface area contributed by atoms with Gasteiger partial charge in [-0.15, -0.1) is 0 Å². The van der Waals surface area contributed by atoms with Crippen LogP contribution >= 0.6 is 11.6 Å². The number of amides is 2. The maximum absolute atomic E-state index is 16.2. The highest BCUT2D eigenvalue weighted by Gasteiger charge is 2.51. The molecule has 3 aromatic heterocycles. The van der Waals surface area contributed by atoms with E-state index in [2.05, 4.69) is 40.8 Å². The van der Waals surface area contributed by atoms with Gasteiger partial charge in [0.1, 0.15) is 16.4 Å². The van der Waals surface area contributed by atoms with Gasteiger partial charge in [-0.2, -0.15) is 10.1 Å². The topological polar surface area (TPSA) is 162 Å². The molecule has 4 fully saturated rings. The molecule has 5 aromatic rings. The van der Waals surface area contributed by atoms with Gasteiger partial charge >= 0.3 is 5.92 Å². The summed E-state index contributed by atoms with van der Waals surface area (Å²) in [6.45, 7) is 2.83. The number of H-pyrrole nitrogens is 1. The van der Waals surface area contributed by atoms with Crippen molar-refractivity contribution in [3.63, 3.8) is 0 Å². The Kier molecular flexibility index (Phi) is 10.3. The van der Waals surface area contributed by atoms with Gasteiger partial charge in [0.2, 0.25) is 23.5 Å². The lowest BCUT2D eigenvalue weighted by Gasteiger charge is -2.38. The largest absolute Gasteiger partial charge is 0.480 e. The van der Waals surface area contributed by atoms with Crippen molar-refractivity contribution in [2.24, 2.45) is 18.9 Å². The van der Waals surface area contributed by atoms with Crippen molar-refractivity contribution in [1.29, 1.82) is 0 Å². The summed E-state index contributed by atoms with van der Waals surface area (Å²) in [5, 5.41) is 14.0. The molecule has 62 heavy (non-hydrogen) atoms. The van der Waals surface area contributed by atoms with E-state index in [0.29, 0.717) is 78.1 Å². The fourth-order valence-corrected chi connectivity index (χ4v) is 9.99. The fraction of sp³-hybridized carbons (Fsp3) is 0.488. The minimum absolute atomic E-state index is 0.0624. The Balaban J connectivity index is 0.770. The molecule has 2 amide bonds. The highest BCUT2D eigenvalue weighted by molar-refractivity contribution is 6.33. The minimum Gasteiger partial charge on any atom is -0.480 e. The van der Waals surface area contributed by atoms with Crippen molar-refractivity contribution >= 4 is 68.4 Å². The number of fused-ring (bicyclic) bond motifs is 4.